The molecule has 0 amide bonds. The summed E-state index contributed by atoms with van der Waals surface area (Å²) in [6, 6.07) is 17.1. The number of benzene rings is 2. The molecule has 2 aromatic rings. The van der Waals surface area contributed by atoms with Gasteiger partial charge < -0.3 is 4.74 Å². The fourth-order valence-electron chi connectivity index (χ4n) is 3.58. The van der Waals surface area contributed by atoms with E-state index in [9.17, 15) is 0 Å². The summed E-state index contributed by atoms with van der Waals surface area (Å²) in [6.45, 7) is 8.99. The first-order valence-electron chi connectivity index (χ1n) is 8.09. The van der Waals surface area contributed by atoms with E-state index in [4.69, 9.17) is 4.74 Å². The third-order valence-corrected chi connectivity index (χ3v) is 4.78. The first-order chi connectivity index (χ1) is 10.9. The molecule has 1 aliphatic carbocycles. The SMILES string of the molecule is COc1ccc2c(c1)C(C)(C)C(=C(C)C)C=C2c1ccccc1. The third kappa shape index (κ3) is 2.61. The number of hydrogen-bond acceptors (Lipinski definition) is 1. The Kier molecular flexibility index (Phi) is 3.89. The van der Waals surface area contributed by atoms with Gasteiger partial charge in [-0.05, 0) is 59.9 Å². The molecule has 0 aliphatic heterocycles. The Morgan fingerprint density at radius 3 is 2.26 bits per heavy atom. The molecule has 0 heterocycles. The maximum absolute atomic E-state index is 5.47. The predicted molar refractivity (Wildman–Crippen MR) is 97.9 cm³/mol. The van der Waals surface area contributed by atoms with Crippen molar-refractivity contribution in [2.75, 3.05) is 7.11 Å². The van der Waals surface area contributed by atoms with Crippen LogP contribution in [-0.4, -0.2) is 7.11 Å². The molecule has 23 heavy (non-hydrogen) atoms. The van der Waals surface area contributed by atoms with E-state index in [1.165, 1.54) is 33.4 Å². The van der Waals surface area contributed by atoms with Crippen LogP contribution in [0.2, 0.25) is 0 Å². The first kappa shape index (κ1) is 15.6. The van der Waals surface area contributed by atoms with Crippen LogP contribution in [0.3, 0.4) is 0 Å². The standard InChI is InChI=1S/C22H24O/c1-15(2)20-14-19(16-9-7-6-8-10-16)18-12-11-17(23-5)13-21(18)22(20,3)4/h6-14H,1-5H3. The molecule has 2 aromatic carbocycles. The van der Waals surface area contributed by atoms with Gasteiger partial charge in [0.15, 0.2) is 0 Å². The Morgan fingerprint density at radius 2 is 1.65 bits per heavy atom. The molecule has 0 N–H and O–H groups in total. The average Bonchev–Trinajstić information content (AvgIpc) is 2.55. The van der Waals surface area contributed by atoms with E-state index in [1.807, 2.05) is 0 Å². The molecule has 118 valence electrons. The smallest absolute Gasteiger partial charge is 0.119 e. The van der Waals surface area contributed by atoms with Gasteiger partial charge in [0.2, 0.25) is 0 Å². The zero-order valence-corrected chi connectivity index (χ0v) is 14.6. The number of fused-ring (bicyclic) bond motifs is 1. The van der Waals surface area contributed by atoms with E-state index >= 15 is 0 Å². The van der Waals surface area contributed by atoms with Crippen molar-refractivity contribution < 1.29 is 4.74 Å². The van der Waals surface area contributed by atoms with Gasteiger partial charge in [-0.3, -0.25) is 0 Å². The van der Waals surface area contributed by atoms with Crippen molar-refractivity contribution in [3.63, 3.8) is 0 Å². The molecule has 3 rings (SSSR count). The molecule has 1 nitrogen and oxygen atoms in total. The summed E-state index contributed by atoms with van der Waals surface area (Å²) >= 11 is 0. The number of rotatable bonds is 2. The fourth-order valence-corrected chi connectivity index (χ4v) is 3.58. The molecule has 0 radical (unpaired) electrons. The highest BCUT2D eigenvalue weighted by Crippen LogP contribution is 2.46. The molecule has 0 saturated heterocycles. The summed E-state index contributed by atoms with van der Waals surface area (Å²) in [5, 5.41) is 0. The summed E-state index contributed by atoms with van der Waals surface area (Å²) in [6.07, 6.45) is 2.36. The van der Waals surface area contributed by atoms with Crippen LogP contribution in [0.1, 0.15) is 44.4 Å². The topological polar surface area (TPSA) is 9.23 Å². The molecular formula is C22H24O. The van der Waals surface area contributed by atoms with Crippen molar-refractivity contribution in [2.24, 2.45) is 0 Å². The lowest BCUT2D eigenvalue weighted by molar-refractivity contribution is 0.413. The number of allylic oxidation sites excluding steroid dienone is 3. The molecule has 0 spiro atoms. The molecular weight excluding hydrogens is 280 g/mol. The third-order valence-electron chi connectivity index (χ3n) is 4.78. The quantitative estimate of drug-likeness (QED) is 0.686. The van der Waals surface area contributed by atoms with Gasteiger partial charge in [0.25, 0.3) is 0 Å². The molecule has 0 fully saturated rings. The van der Waals surface area contributed by atoms with Gasteiger partial charge in [-0.2, -0.15) is 0 Å². The second-order valence-electron chi connectivity index (χ2n) is 6.87. The van der Waals surface area contributed by atoms with Gasteiger partial charge in [-0.15, -0.1) is 0 Å². The fraction of sp³-hybridized carbons (Fsp3) is 0.273. The number of ether oxygens (including phenoxy) is 1. The van der Waals surface area contributed by atoms with Crippen molar-refractivity contribution in [1.29, 1.82) is 0 Å². The molecule has 0 atom stereocenters. The highest BCUT2D eigenvalue weighted by molar-refractivity contribution is 5.87. The maximum atomic E-state index is 5.47. The average molecular weight is 304 g/mol. The Balaban J connectivity index is 2.32. The maximum Gasteiger partial charge on any atom is 0.119 e. The summed E-state index contributed by atoms with van der Waals surface area (Å²) in [4.78, 5) is 0. The minimum Gasteiger partial charge on any atom is -0.497 e. The van der Waals surface area contributed by atoms with Crippen LogP contribution in [0.5, 0.6) is 5.75 Å². The highest BCUT2D eigenvalue weighted by Gasteiger charge is 2.33. The zero-order chi connectivity index (χ0) is 16.6. The second-order valence-corrected chi connectivity index (χ2v) is 6.87. The summed E-state index contributed by atoms with van der Waals surface area (Å²) < 4.78 is 5.47. The number of methoxy groups -OCH3 is 1. The van der Waals surface area contributed by atoms with E-state index < -0.39 is 0 Å². The first-order valence-corrected chi connectivity index (χ1v) is 8.09. The van der Waals surface area contributed by atoms with Gasteiger partial charge in [0, 0.05) is 5.41 Å². The van der Waals surface area contributed by atoms with Gasteiger partial charge in [0.05, 0.1) is 7.11 Å². The summed E-state index contributed by atoms with van der Waals surface area (Å²) in [5.41, 5.74) is 7.89. The monoisotopic (exact) mass is 304 g/mol. The predicted octanol–water partition coefficient (Wildman–Crippen LogP) is 5.75. The Bertz CT molecular complexity index is 788. The van der Waals surface area contributed by atoms with Crippen molar-refractivity contribution in [2.45, 2.75) is 33.1 Å². The van der Waals surface area contributed by atoms with Crippen LogP contribution < -0.4 is 4.74 Å². The largest absolute Gasteiger partial charge is 0.497 e. The van der Waals surface area contributed by atoms with Crippen molar-refractivity contribution in [3.8, 4) is 5.75 Å². The van der Waals surface area contributed by atoms with Crippen LogP contribution in [-0.2, 0) is 5.41 Å². The van der Waals surface area contributed by atoms with Crippen LogP contribution >= 0.6 is 0 Å². The Hall–Kier alpha value is -2.28. The Labute approximate surface area is 139 Å². The molecule has 0 aromatic heterocycles. The molecule has 0 saturated carbocycles. The normalized spacial score (nSPS) is 15.7. The van der Waals surface area contributed by atoms with E-state index in [1.54, 1.807) is 7.11 Å². The van der Waals surface area contributed by atoms with Crippen molar-refractivity contribution in [3.05, 3.63) is 82.4 Å². The molecule has 1 aliphatic rings. The van der Waals surface area contributed by atoms with Crippen LogP contribution in [0, 0.1) is 0 Å². The van der Waals surface area contributed by atoms with E-state index in [0.717, 1.165) is 5.75 Å². The van der Waals surface area contributed by atoms with Crippen LogP contribution in [0.4, 0.5) is 0 Å². The van der Waals surface area contributed by atoms with Crippen molar-refractivity contribution >= 4 is 5.57 Å². The minimum atomic E-state index is -0.0268. The number of hydrogen-bond donors (Lipinski definition) is 0. The molecule has 0 bridgehead atoms. The van der Waals surface area contributed by atoms with Crippen molar-refractivity contribution in [1.82, 2.24) is 0 Å². The zero-order valence-electron chi connectivity index (χ0n) is 14.6. The summed E-state index contributed by atoms with van der Waals surface area (Å²) in [7, 11) is 1.73. The summed E-state index contributed by atoms with van der Waals surface area (Å²) in [5.74, 6) is 0.916. The van der Waals surface area contributed by atoms with E-state index in [-0.39, 0.29) is 5.41 Å². The lowest BCUT2D eigenvalue weighted by Crippen LogP contribution is -2.25. The lowest BCUT2D eigenvalue weighted by atomic mass is 9.68. The minimum absolute atomic E-state index is 0.0268. The van der Waals surface area contributed by atoms with Crippen LogP contribution in [0.25, 0.3) is 5.57 Å². The lowest BCUT2D eigenvalue weighted by Gasteiger charge is -2.36. The van der Waals surface area contributed by atoms with E-state index in [0.29, 0.717) is 0 Å². The molecule has 0 unspecified atom stereocenters. The molecule has 1 heteroatoms. The van der Waals surface area contributed by atoms with E-state index in [2.05, 4.69) is 82.3 Å². The highest BCUT2D eigenvalue weighted by atomic mass is 16.5. The second kappa shape index (κ2) is 5.73. The van der Waals surface area contributed by atoms with Gasteiger partial charge in [0.1, 0.15) is 5.75 Å². The van der Waals surface area contributed by atoms with Gasteiger partial charge >= 0.3 is 0 Å². The van der Waals surface area contributed by atoms with Crippen LogP contribution in [0.15, 0.2) is 65.8 Å². The van der Waals surface area contributed by atoms with Gasteiger partial charge in [-0.1, -0.05) is 55.8 Å². The van der Waals surface area contributed by atoms with Gasteiger partial charge in [-0.25, -0.2) is 0 Å². The Morgan fingerprint density at radius 1 is 0.957 bits per heavy atom.